The Kier molecular flexibility index (Phi) is 3.97. The van der Waals surface area contributed by atoms with Gasteiger partial charge in [-0.05, 0) is 42.9 Å². The summed E-state index contributed by atoms with van der Waals surface area (Å²) in [6.07, 6.45) is 1.17. The predicted octanol–water partition coefficient (Wildman–Crippen LogP) is 2.81. The monoisotopic (exact) mass is 276 g/mol. The molecule has 0 bridgehead atoms. The molecule has 1 saturated carbocycles. The molecule has 5 heteroatoms. The van der Waals surface area contributed by atoms with E-state index < -0.39 is 5.97 Å². The van der Waals surface area contributed by atoms with Gasteiger partial charge in [0.05, 0.1) is 5.56 Å². The molecule has 1 aliphatic rings. The lowest BCUT2D eigenvalue weighted by molar-refractivity contribution is 0.0696. The van der Waals surface area contributed by atoms with Crippen LogP contribution in [-0.2, 0) is 0 Å². The number of aryl methyl sites for hydroxylation is 1. The molecule has 1 aromatic rings. The third kappa shape index (κ3) is 3.29. The van der Waals surface area contributed by atoms with E-state index in [9.17, 15) is 9.59 Å². The third-order valence-corrected chi connectivity index (χ3v) is 3.85. The second kappa shape index (κ2) is 5.53. The fraction of sp³-hybridized carbons (Fsp3) is 0.467. The van der Waals surface area contributed by atoms with Crippen molar-refractivity contribution in [1.82, 2.24) is 4.90 Å². The average Bonchev–Trinajstić information content (AvgIpc) is 3.06. The first-order valence-electron chi connectivity index (χ1n) is 6.74. The van der Waals surface area contributed by atoms with Crippen molar-refractivity contribution in [2.45, 2.75) is 20.3 Å². The topological polar surface area (TPSA) is 69.6 Å². The van der Waals surface area contributed by atoms with Gasteiger partial charge in [-0.3, -0.25) is 0 Å². The van der Waals surface area contributed by atoms with E-state index in [1.165, 1.54) is 12.5 Å². The number of anilines is 1. The smallest absolute Gasteiger partial charge is 0.336 e. The van der Waals surface area contributed by atoms with E-state index in [1.807, 2.05) is 0 Å². The Morgan fingerprint density at radius 3 is 2.65 bits per heavy atom. The first kappa shape index (κ1) is 14.4. The zero-order chi connectivity index (χ0) is 14.9. The highest BCUT2D eigenvalue weighted by atomic mass is 16.4. The largest absolute Gasteiger partial charge is 0.478 e. The second-order valence-electron chi connectivity index (χ2n) is 5.62. The highest BCUT2D eigenvalue weighted by Crippen LogP contribution is 2.38. The fourth-order valence-corrected chi connectivity index (χ4v) is 2.24. The molecule has 0 aromatic heterocycles. The zero-order valence-corrected chi connectivity index (χ0v) is 12.0. The second-order valence-corrected chi connectivity index (χ2v) is 5.62. The van der Waals surface area contributed by atoms with E-state index >= 15 is 0 Å². The van der Waals surface area contributed by atoms with Gasteiger partial charge in [-0.25, -0.2) is 9.59 Å². The van der Waals surface area contributed by atoms with Crippen LogP contribution in [0.1, 0.15) is 29.3 Å². The number of carbonyl (C=O) groups excluding carboxylic acids is 1. The molecule has 0 heterocycles. The van der Waals surface area contributed by atoms with E-state index in [0.29, 0.717) is 23.1 Å². The predicted molar refractivity (Wildman–Crippen MR) is 77.1 cm³/mol. The van der Waals surface area contributed by atoms with Crippen molar-refractivity contribution in [3.05, 3.63) is 29.3 Å². The van der Waals surface area contributed by atoms with Crippen molar-refractivity contribution in [1.29, 1.82) is 0 Å². The summed E-state index contributed by atoms with van der Waals surface area (Å²) >= 11 is 0. The highest BCUT2D eigenvalue weighted by molar-refractivity contribution is 5.94. The van der Waals surface area contributed by atoms with Gasteiger partial charge in [-0.1, -0.05) is 13.0 Å². The van der Waals surface area contributed by atoms with Crippen LogP contribution in [0, 0.1) is 18.8 Å². The van der Waals surface area contributed by atoms with Gasteiger partial charge in [-0.15, -0.1) is 0 Å². The number of carbonyl (C=O) groups is 2. The van der Waals surface area contributed by atoms with E-state index in [0.717, 1.165) is 6.54 Å². The van der Waals surface area contributed by atoms with Crippen LogP contribution in [-0.4, -0.2) is 35.6 Å². The van der Waals surface area contributed by atoms with E-state index in [1.54, 1.807) is 31.0 Å². The molecule has 1 fully saturated rings. The molecule has 108 valence electrons. The lowest BCUT2D eigenvalue weighted by Crippen LogP contribution is -2.33. The Hall–Kier alpha value is -2.04. The number of hydrogen-bond donors (Lipinski definition) is 2. The molecule has 5 nitrogen and oxygen atoms in total. The Balaban J connectivity index is 2.00. The summed E-state index contributed by atoms with van der Waals surface area (Å²) in [7, 11) is 1.76. The zero-order valence-electron chi connectivity index (χ0n) is 12.0. The minimum absolute atomic E-state index is 0.204. The Labute approximate surface area is 118 Å². The lowest BCUT2D eigenvalue weighted by Gasteiger charge is -2.18. The first-order valence-corrected chi connectivity index (χ1v) is 6.74. The van der Waals surface area contributed by atoms with Crippen LogP contribution in [0.25, 0.3) is 0 Å². The van der Waals surface area contributed by atoms with Gasteiger partial charge in [0.2, 0.25) is 0 Å². The number of hydrogen-bond acceptors (Lipinski definition) is 2. The maximum Gasteiger partial charge on any atom is 0.336 e. The Morgan fingerprint density at radius 1 is 1.45 bits per heavy atom. The van der Waals surface area contributed by atoms with Crippen LogP contribution < -0.4 is 5.32 Å². The molecule has 0 spiro atoms. The summed E-state index contributed by atoms with van der Waals surface area (Å²) in [5.41, 5.74) is 1.39. The molecule has 20 heavy (non-hydrogen) atoms. The minimum atomic E-state index is -0.987. The summed E-state index contributed by atoms with van der Waals surface area (Å²) < 4.78 is 0. The van der Waals surface area contributed by atoms with Gasteiger partial charge in [0.25, 0.3) is 0 Å². The van der Waals surface area contributed by atoms with Crippen molar-refractivity contribution in [2.75, 3.05) is 18.9 Å². The lowest BCUT2D eigenvalue weighted by atomic mass is 10.1. The van der Waals surface area contributed by atoms with E-state index in [2.05, 4.69) is 12.2 Å². The third-order valence-electron chi connectivity index (χ3n) is 3.85. The Morgan fingerprint density at radius 2 is 2.10 bits per heavy atom. The SMILES string of the molecule is Cc1ccc(NC(=O)N(C)CC2CC2C)cc1C(=O)O. The molecular weight excluding hydrogens is 256 g/mol. The molecule has 2 rings (SSSR count). The van der Waals surface area contributed by atoms with Crippen LogP contribution in [0.5, 0.6) is 0 Å². The molecule has 0 saturated heterocycles. The molecular formula is C15H20N2O3. The first-order chi connectivity index (χ1) is 9.38. The van der Waals surface area contributed by atoms with Crippen molar-refractivity contribution in [2.24, 2.45) is 11.8 Å². The number of nitrogens with one attached hydrogen (secondary N) is 1. The standard InChI is InChI=1S/C15H20N2O3/c1-9-4-5-12(7-13(9)14(18)19)16-15(20)17(3)8-11-6-10(11)2/h4-5,7,10-11H,6,8H2,1-3H3,(H,16,20)(H,18,19). The molecule has 0 aliphatic heterocycles. The number of carboxylic acids is 1. The number of urea groups is 1. The molecule has 1 aliphatic carbocycles. The van der Waals surface area contributed by atoms with Crippen LogP contribution >= 0.6 is 0 Å². The Bertz CT molecular complexity index is 542. The summed E-state index contributed by atoms with van der Waals surface area (Å²) in [6, 6.07) is 4.70. The number of aromatic carboxylic acids is 1. The van der Waals surface area contributed by atoms with Crippen molar-refractivity contribution in [3.63, 3.8) is 0 Å². The maximum absolute atomic E-state index is 12.0. The number of amides is 2. The van der Waals surface area contributed by atoms with Gasteiger partial charge in [0.1, 0.15) is 0 Å². The molecule has 0 radical (unpaired) electrons. The highest BCUT2D eigenvalue weighted by Gasteiger charge is 2.34. The number of benzene rings is 1. The van der Waals surface area contributed by atoms with Gasteiger partial charge < -0.3 is 15.3 Å². The van der Waals surface area contributed by atoms with Gasteiger partial charge in [0, 0.05) is 19.3 Å². The quantitative estimate of drug-likeness (QED) is 0.888. The summed E-state index contributed by atoms with van der Waals surface area (Å²) in [4.78, 5) is 24.7. The van der Waals surface area contributed by atoms with Gasteiger partial charge >= 0.3 is 12.0 Å². The van der Waals surface area contributed by atoms with E-state index in [4.69, 9.17) is 5.11 Å². The van der Waals surface area contributed by atoms with Crippen LogP contribution in [0.2, 0.25) is 0 Å². The molecule has 2 N–H and O–H groups in total. The molecule has 2 amide bonds. The van der Waals surface area contributed by atoms with Crippen molar-refractivity contribution < 1.29 is 14.7 Å². The van der Waals surface area contributed by atoms with Crippen LogP contribution in [0.3, 0.4) is 0 Å². The fourth-order valence-electron chi connectivity index (χ4n) is 2.24. The number of carboxylic acid groups (broad SMARTS) is 1. The maximum atomic E-state index is 12.0. The van der Waals surface area contributed by atoms with Crippen LogP contribution in [0.4, 0.5) is 10.5 Å². The van der Waals surface area contributed by atoms with Crippen molar-refractivity contribution >= 4 is 17.7 Å². The molecule has 1 aromatic carbocycles. The average molecular weight is 276 g/mol. The normalized spacial score (nSPS) is 20.4. The molecule has 2 unspecified atom stereocenters. The summed E-state index contributed by atoms with van der Waals surface area (Å²) in [5.74, 6) is 0.306. The number of nitrogens with zero attached hydrogens (tertiary/aromatic N) is 1. The van der Waals surface area contributed by atoms with E-state index in [-0.39, 0.29) is 11.6 Å². The van der Waals surface area contributed by atoms with Gasteiger partial charge in [0.15, 0.2) is 0 Å². The summed E-state index contributed by atoms with van der Waals surface area (Å²) in [5, 5.41) is 11.8. The minimum Gasteiger partial charge on any atom is -0.478 e. The number of rotatable bonds is 4. The van der Waals surface area contributed by atoms with Crippen molar-refractivity contribution in [3.8, 4) is 0 Å². The summed E-state index contributed by atoms with van der Waals surface area (Å²) in [6.45, 7) is 4.65. The van der Waals surface area contributed by atoms with Gasteiger partial charge in [-0.2, -0.15) is 0 Å². The van der Waals surface area contributed by atoms with Crippen LogP contribution in [0.15, 0.2) is 18.2 Å². The molecule has 2 atom stereocenters.